The van der Waals surface area contributed by atoms with Crippen molar-refractivity contribution >= 4 is 21.8 Å². The summed E-state index contributed by atoms with van der Waals surface area (Å²) in [6.45, 7) is 5.00. The molecule has 0 heterocycles. The molecule has 0 unspecified atom stereocenters. The summed E-state index contributed by atoms with van der Waals surface area (Å²) >= 11 is 3.16. The lowest BCUT2D eigenvalue weighted by Crippen LogP contribution is -2.25. The van der Waals surface area contributed by atoms with Crippen LogP contribution in [-0.2, 0) is 4.79 Å². The summed E-state index contributed by atoms with van der Waals surface area (Å²) in [4.78, 5) is 11.0. The van der Waals surface area contributed by atoms with E-state index in [0.717, 1.165) is 17.4 Å². The predicted molar refractivity (Wildman–Crippen MR) is 54.2 cm³/mol. The van der Waals surface area contributed by atoms with Crippen LogP contribution < -0.4 is 10.6 Å². The van der Waals surface area contributed by atoms with Gasteiger partial charge in [-0.2, -0.15) is 0 Å². The predicted octanol–water partition coefficient (Wildman–Crippen LogP) is 1.01. The normalized spacial score (nSPS) is 9.50. The monoisotopic (exact) mass is 234 g/mol. The number of hydrogen-bond acceptors (Lipinski definition) is 2. The van der Waals surface area contributed by atoms with Crippen LogP contribution in [0.3, 0.4) is 0 Å². The summed E-state index contributed by atoms with van der Waals surface area (Å²) < 4.78 is 0.796. The third-order valence-corrected chi connectivity index (χ3v) is 1.59. The van der Waals surface area contributed by atoms with Crippen molar-refractivity contribution in [2.75, 3.05) is 20.1 Å². The van der Waals surface area contributed by atoms with Crippen molar-refractivity contribution in [2.45, 2.75) is 12.8 Å². The number of rotatable bonds is 6. The third kappa shape index (κ3) is 7.75. The van der Waals surface area contributed by atoms with E-state index >= 15 is 0 Å². The summed E-state index contributed by atoms with van der Waals surface area (Å²) in [5.74, 6) is 0.0749. The van der Waals surface area contributed by atoms with Crippen LogP contribution in [0.4, 0.5) is 0 Å². The van der Waals surface area contributed by atoms with E-state index < -0.39 is 0 Å². The third-order valence-electron chi connectivity index (χ3n) is 1.31. The Morgan fingerprint density at radius 3 is 2.75 bits per heavy atom. The first-order valence-corrected chi connectivity index (χ1v) is 4.70. The van der Waals surface area contributed by atoms with Gasteiger partial charge >= 0.3 is 0 Å². The molecule has 4 heteroatoms. The van der Waals surface area contributed by atoms with Crippen LogP contribution >= 0.6 is 15.9 Å². The van der Waals surface area contributed by atoms with E-state index in [1.54, 1.807) is 0 Å². The molecular weight excluding hydrogens is 220 g/mol. The van der Waals surface area contributed by atoms with E-state index in [1.165, 1.54) is 0 Å². The van der Waals surface area contributed by atoms with Crippen LogP contribution in [-0.4, -0.2) is 26.0 Å². The van der Waals surface area contributed by atoms with E-state index in [-0.39, 0.29) is 5.91 Å². The molecule has 0 saturated carbocycles. The molecule has 0 aromatic rings. The fourth-order valence-electron chi connectivity index (χ4n) is 0.709. The molecule has 12 heavy (non-hydrogen) atoms. The fourth-order valence-corrected chi connectivity index (χ4v) is 0.849. The molecule has 0 spiro atoms. The molecule has 2 N–H and O–H groups in total. The van der Waals surface area contributed by atoms with Crippen molar-refractivity contribution in [3.8, 4) is 0 Å². The Labute approximate surface area is 81.7 Å². The maximum Gasteiger partial charge on any atom is 0.220 e. The molecule has 0 aromatic carbocycles. The Morgan fingerprint density at radius 1 is 1.58 bits per heavy atom. The average molecular weight is 235 g/mol. The lowest BCUT2D eigenvalue weighted by molar-refractivity contribution is -0.120. The van der Waals surface area contributed by atoms with Gasteiger partial charge in [0.05, 0.1) is 0 Å². The summed E-state index contributed by atoms with van der Waals surface area (Å²) in [6.07, 6.45) is 1.44. The Kier molecular flexibility index (Phi) is 7.09. The number of hydrogen-bond donors (Lipinski definition) is 2. The minimum Gasteiger partial charge on any atom is -0.352 e. The molecule has 0 aliphatic heterocycles. The number of carbonyl (C=O) groups is 1. The Bertz CT molecular complexity index is 159. The lowest BCUT2D eigenvalue weighted by atomic mass is 10.3. The summed E-state index contributed by atoms with van der Waals surface area (Å²) in [6, 6.07) is 0. The second-order valence-electron chi connectivity index (χ2n) is 2.50. The maximum absolute atomic E-state index is 11.0. The van der Waals surface area contributed by atoms with E-state index in [2.05, 4.69) is 33.1 Å². The minimum atomic E-state index is 0.0749. The fraction of sp³-hybridized carbons (Fsp3) is 0.625. The zero-order valence-electron chi connectivity index (χ0n) is 7.32. The number of carbonyl (C=O) groups excluding carboxylic acids is 1. The van der Waals surface area contributed by atoms with Gasteiger partial charge < -0.3 is 10.6 Å². The molecule has 0 rings (SSSR count). The first-order chi connectivity index (χ1) is 5.66. The molecule has 0 fully saturated rings. The van der Waals surface area contributed by atoms with Crippen molar-refractivity contribution in [1.82, 2.24) is 10.6 Å². The first kappa shape index (κ1) is 11.6. The molecule has 1 amide bonds. The average Bonchev–Trinajstić information content (AvgIpc) is 2.01. The highest BCUT2D eigenvalue weighted by atomic mass is 79.9. The van der Waals surface area contributed by atoms with Crippen molar-refractivity contribution in [1.29, 1.82) is 0 Å². The van der Waals surface area contributed by atoms with Gasteiger partial charge in [-0.05, 0) is 20.0 Å². The molecule has 0 bridgehead atoms. The summed E-state index contributed by atoms with van der Waals surface area (Å²) in [7, 11) is 1.87. The molecular formula is C8H15BrN2O. The van der Waals surface area contributed by atoms with Crippen LogP contribution in [0.15, 0.2) is 11.1 Å². The highest BCUT2D eigenvalue weighted by molar-refractivity contribution is 9.11. The molecule has 70 valence electrons. The van der Waals surface area contributed by atoms with Crippen molar-refractivity contribution < 1.29 is 4.79 Å². The van der Waals surface area contributed by atoms with Crippen molar-refractivity contribution in [2.24, 2.45) is 0 Å². The second kappa shape index (κ2) is 7.31. The Balaban J connectivity index is 3.28. The van der Waals surface area contributed by atoms with Gasteiger partial charge in [0.25, 0.3) is 0 Å². The van der Waals surface area contributed by atoms with Crippen molar-refractivity contribution in [3.05, 3.63) is 11.1 Å². The van der Waals surface area contributed by atoms with Crippen LogP contribution in [0.1, 0.15) is 12.8 Å². The van der Waals surface area contributed by atoms with E-state index in [0.29, 0.717) is 13.0 Å². The highest BCUT2D eigenvalue weighted by Crippen LogP contribution is 1.97. The molecule has 0 saturated heterocycles. The van der Waals surface area contributed by atoms with Gasteiger partial charge in [0.1, 0.15) is 0 Å². The zero-order chi connectivity index (χ0) is 9.40. The van der Waals surface area contributed by atoms with Crippen LogP contribution in [0.5, 0.6) is 0 Å². The van der Waals surface area contributed by atoms with Gasteiger partial charge in [-0.3, -0.25) is 4.79 Å². The molecule has 0 radical (unpaired) electrons. The lowest BCUT2D eigenvalue weighted by Gasteiger charge is -2.02. The molecule has 0 aliphatic carbocycles. The van der Waals surface area contributed by atoms with Gasteiger partial charge in [-0.15, -0.1) is 0 Å². The standard InChI is InChI=1S/C8H15BrN2O/c1-7(9)6-11-8(12)4-3-5-10-2/h10H,1,3-6H2,2H3,(H,11,12). The van der Waals surface area contributed by atoms with E-state index in [4.69, 9.17) is 0 Å². The smallest absolute Gasteiger partial charge is 0.220 e. The van der Waals surface area contributed by atoms with Gasteiger partial charge in [-0.1, -0.05) is 22.5 Å². The van der Waals surface area contributed by atoms with Crippen molar-refractivity contribution in [3.63, 3.8) is 0 Å². The quantitative estimate of drug-likeness (QED) is 0.674. The molecule has 0 atom stereocenters. The summed E-state index contributed by atoms with van der Waals surface area (Å²) in [5.41, 5.74) is 0. The largest absolute Gasteiger partial charge is 0.352 e. The van der Waals surface area contributed by atoms with Gasteiger partial charge in [-0.25, -0.2) is 0 Å². The number of nitrogens with one attached hydrogen (secondary N) is 2. The number of halogens is 1. The SMILES string of the molecule is C=C(Br)CNC(=O)CCCNC. The van der Waals surface area contributed by atoms with Gasteiger partial charge in [0.2, 0.25) is 5.91 Å². The van der Waals surface area contributed by atoms with Crippen LogP contribution in [0, 0.1) is 0 Å². The highest BCUT2D eigenvalue weighted by Gasteiger charge is 1.98. The van der Waals surface area contributed by atoms with E-state index in [1.807, 2.05) is 7.05 Å². The second-order valence-corrected chi connectivity index (χ2v) is 3.62. The van der Waals surface area contributed by atoms with Gasteiger partial charge in [0.15, 0.2) is 0 Å². The van der Waals surface area contributed by atoms with Crippen LogP contribution in [0.25, 0.3) is 0 Å². The van der Waals surface area contributed by atoms with Gasteiger partial charge in [0, 0.05) is 17.4 Å². The van der Waals surface area contributed by atoms with E-state index in [9.17, 15) is 4.79 Å². The number of amides is 1. The first-order valence-electron chi connectivity index (χ1n) is 3.91. The zero-order valence-corrected chi connectivity index (χ0v) is 8.91. The topological polar surface area (TPSA) is 41.1 Å². The van der Waals surface area contributed by atoms with Crippen LogP contribution in [0.2, 0.25) is 0 Å². The molecule has 0 aliphatic rings. The summed E-state index contributed by atoms with van der Waals surface area (Å²) in [5, 5.41) is 5.71. The maximum atomic E-state index is 11.0. The minimum absolute atomic E-state index is 0.0749. The molecule has 3 nitrogen and oxygen atoms in total. The Hall–Kier alpha value is -0.350. The molecule has 0 aromatic heterocycles. The Morgan fingerprint density at radius 2 is 2.25 bits per heavy atom.